The number of para-hydroxylation sites is 1. The summed E-state index contributed by atoms with van der Waals surface area (Å²) in [5.74, 6) is 0.685. The minimum absolute atomic E-state index is 0.324. The lowest BCUT2D eigenvalue weighted by molar-refractivity contribution is 0.455. The fourth-order valence-electron chi connectivity index (χ4n) is 2.40. The first-order valence-electron chi connectivity index (χ1n) is 6.87. The van der Waals surface area contributed by atoms with Crippen LogP contribution in [0.4, 0.5) is 0 Å². The highest BCUT2D eigenvalue weighted by Crippen LogP contribution is 2.32. The molecule has 3 rings (SSSR count). The lowest BCUT2D eigenvalue weighted by atomic mass is 9.98. The molecule has 0 atom stereocenters. The molecule has 2 nitrogen and oxygen atoms in total. The molecule has 0 fully saturated rings. The summed E-state index contributed by atoms with van der Waals surface area (Å²) in [6.45, 7) is 0. The van der Waals surface area contributed by atoms with Gasteiger partial charge in [0, 0.05) is 5.56 Å². The van der Waals surface area contributed by atoms with E-state index in [1.54, 1.807) is 0 Å². The molecule has 21 heavy (non-hydrogen) atoms. The molecule has 0 saturated heterocycles. The van der Waals surface area contributed by atoms with Gasteiger partial charge in [-0.3, -0.25) is 0 Å². The summed E-state index contributed by atoms with van der Waals surface area (Å²) in [6.07, 6.45) is 0. The van der Waals surface area contributed by atoms with E-state index >= 15 is 0 Å². The van der Waals surface area contributed by atoms with Gasteiger partial charge in [-0.2, -0.15) is 0 Å². The van der Waals surface area contributed by atoms with E-state index in [0.717, 1.165) is 16.7 Å². The van der Waals surface area contributed by atoms with E-state index in [9.17, 15) is 0 Å². The van der Waals surface area contributed by atoms with Gasteiger partial charge in [0.15, 0.2) is 0 Å². The van der Waals surface area contributed by atoms with Crippen molar-refractivity contribution in [1.29, 1.82) is 0 Å². The van der Waals surface area contributed by atoms with Gasteiger partial charge >= 0.3 is 7.69 Å². The molecule has 0 spiro atoms. The molecule has 0 radical (unpaired) electrons. The van der Waals surface area contributed by atoms with Crippen molar-refractivity contribution in [2.24, 2.45) is 0 Å². The van der Waals surface area contributed by atoms with Crippen LogP contribution >= 0.6 is 0 Å². The quantitative estimate of drug-likeness (QED) is 0.736. The van der Waals surface area contributed by atoms with Crippen LogP contribution in [0.5, 0.6) is 5.75 Å². The van der Waals surface area contributed by atoms with E-state index in [1.807, 2.05) is 54.6 Å². The first kappa shape index (κ1) is 13.5. The average Bonchev–Trinajstić information content (AvgIpc) is 2.57. The molecule has 0 saturated carbocycles. The van der Waals surface area contributed by atoms with E-state index in [-0.39, 0.29) is 7.69 Å². The van der Waals surface area contributed by atoms with E-state index in [0.29, 0.717) is 5.75 Å². The van der Waals surface area contributed by atoms with E-state index in [4.69, 9.17) is 9.68 Å². The van der Waals surface area contributed by atoms with Crippen LogP contribution in [0.25, 0.3) is 22.3 Å². The summed E-state index contributed by atoms with van der Waals surface area (Å²) in [5, 5.41) is 9.00. The molecule has 0 bridgehead atoms. The summed E-state index contributed by atoms with van der Waals surface area (Å²) < 4.78 is 5.29. The van der Waals surface area contributed by atoms with Crippen LogP contribution in [-0.4, -0.2) is 12.7 Å². The highest BCUT2D eigenvalue weighted by atomic mass is 16.5. The Morgan fingerprint density at radius 1 is 0.667 bits per heavy atom. The zero-order valence-electron chi connectivity index (χ0n) is 11.6. The van der Waals surface area contributed by atoms with Crippen LogP contribution in [0.1, 0.15) is 0 Å². The Morgan fingerprint density at radius 3 is 2.14 bits per heavy atom. The predicted octanol–water partition coefficient (Wildman–Crippen LogP) is 3.66. The molecule has 0 aromatic heterocycles. The molecule has 3 heteroatoms. The Balaban J connectivity index is 2.05. The maximum absolute atomic E-state index is 9.00. The monoisotopic (exact) mass is 274 g/mol. The normalized spacial score (nSPS) is 10.1. The molecular formula is C18H15BO2. The fraction of sp³-hybridized carbons (Fsp3) is 0. The summed E-state index contributed by atoms with van der Waals surface area (Å²) in [4.78, 5) is 0. The maximum atomic E-state index is 9.00. The first-order valence-corrected chi connectivity index (χ1v) is 6.87. The lowest BCUT2D eigenvalue weighted by Gasteiger charge is -2.11. The van der Waals surface area contributed by atoms with Gasteiger partial charge in [-0.15, -0.1) is 0 Å². The summed E-state index contributed by atoms with van der Waals surface area (Å²) >= 11 is 0. The second-order valence-corrected chi connectivity index (χ2v) is 4.72. The Bertz CT molecular complexity index is 726. The van der Waals surface area contributed by atoms with Crippen LogP contribution in [0.3, 0.4) is 0 Å². The largest absolute Gasteiger partial charge is 0.538 e. The van der Waals surface area contributed by atoms with E-state index in [2.05, 4.69) is 24.3 Å². The van der Waals surface area contributed by atoms with Crippen molar-refractivity contribution in [3.05, 3.63) is 78.9 Å². The van der Waals surface area contributed by atoms with Crippen LogP contribution in [-0.2, 0) is 0 Å². The van der Waals surface area contributed by atoms with Gasteiger partial charge in [-0.25, -0.2) is 0 Å². The van der Waals surface area contributed by atoms with Crippen molar-refractivity contribution in [3.63, 3.8) is 0 Å². The van der Waals surface area contributed by atoms with Gasteiger partial charge in [-0.05, 0) is 28.8 Å². The Kier molecular flexibility index (Phi) is 4.03. The van der Waals surface area contributed by atoms with E-state index < -0.39 is 0 Å². The molecule has 0 heterocycles. The average molecular weight is 274 g/mol. The molecule has 0 amide bonds. The second-order valence-electron chi connectivity index (χ2n) is 4.72. The van der Waals surface area contributed by atoms with Gasteiger partial charge in [0.2, 0.25) is 0 Å². The number of benzene rings is 3. The van der Waals surface area contributed by atoms with Crippen LogP contribution in [0.15, 0.2) is 78.9 Å². The Morgan fingerprint density at radius 2 is 1.33 bits per heavy atom. The highest BCUT2D eigenvalue weighted by Gasteiger charge is 2.07. The zero-order valence-corrected chi connectivity index (χ0v) is 11.6. The highest BCUT2D eigenvalue weighted by molar-refractivity contribution is 6.17. The summed E-state index contributed by atoms with van der Waals surface area (Å²) in [5.41, 5.74) is 4.39. The van der Waals surface area contributed by atoms with E-state index in [1.165, 1.54) is 5.56 Å². The van der Waals surface area contributed by atoms with Gasteiger partial charge in [-0.1, -0.05) is 66.7 Å². The molecule has 3 aromatic rings. The molecule has 0 aliphatic heterocycles. The van der Waals surface area contributed by atoms with Crippen LogP contribution in [0.2, 0.25) is 0 Å². The third kappa shape index (κ3) is 2.98. The third-order valence-electron chi connectivity index (χ3n) is 3.39. The molecule has 0 aliphatic carbocycles. The van der Waals surface area contributed by atoms with Crippen LogP contribution in [0, 0.1) is 0 Å². The fourth-order valence-corrected chi connectivity index (χ4v) is 2.40. The van der Waals surface area contributed by atoms with Gasteiger partial charge in [0.05, 0.1) is 0 Å². The number of rotatable bonds is 4. The third-order valence-corrected chi connectivity index (χ3v) is 3.39. The summed E-state index contributed by atoms with van der Waals surface area (Å²) in [6, 6.07) is 26.3. The molecular weight excluding hydrogens is 259 g/mol. The SMILES string of the molecule is OBOc1ccccc1-c1cccc(-c2ccccc2)c1. The standard InChI is InChI=1S/C18H15BO2/c20-19-21-18-12-5-4-11-17(18)16-10-6-9-15(13-16)14-7-2-1-3-8-14/h1-13,19-20H. The van der Waals surface area contributed by atoms with Gasteiger partial charge in [0.1, 0.15) is 5.75 Å². The smallest absolute Gasteiger partial charge is 0.504 e. The number of hydrogen-bond donors (Lipinski definition) is 1. The number of hydrogen-bond acceptors (Lipinski definition) is 2. The Hall–Kier alpha value is -2.52. The minimum Gasteiger partial charge on any atom is -0.538 e. The lowest BCUT2D eigenvalue weighted by Crippen LogP contribution is -2.01. The second kappa shape index (κ2) is 6.29. The zero-order chi connectivity index (χ0) is 14.5. The first-order chi connectivity index (χ1) is 10.4. The van der Waals surface area contributed by atoms with Crippen LogP contribution < -0.4 is 4.65 Å². The van der Waals surface area contributed by atoms with Gasteiger partial charge in [0.25, 0.3) is 0 Å². The van der Waals surface area contributed by atoms with Crippen molar-refractivity contribution < 1.29 is 9.68 Å². The maximum Gasteiger partial charge on any atom is 0.504 e. The molecule has 102 valence electrons. The summed E-state index contributed by atoms with van der Waals surface area (Å²) in [7, 11) is -0.324. The topological polar surface area (TPSA) is 29.5 Å². The van der Waals surface area contributed by atoms with Crippen molar-refractivity contribution >= 4 is 7.69 Å². The predicted molar refractivity (Wildman–Crippen MR) is 87.3 cm³/mol. The van der Waals surface area contributed by atoms with Crippen molar-refractivity contribution in [2.75, 3.05) is 0 Å². The van der Waals surface area contributed by atoms with Crippen molar-refractivity contribution in [3.8, 4) is 28.0 Å². The van der Waals surface area contributed by atoms with Crippen molar-refractivity contribution in [1.82, 2.24) is 0 Å². The Labute approximate surface area is 125 Å². The van der Waals surface area contributed by atoms with Gasteiger partial charge < -0.3 is 9.68 Å². The minimum atomic E-state index is -0.324. The molecule has 1 N–H and O–H groups in total. The van der Waals surface area contributed by atoms with Crippen molar-refractivity contribution in [2.45, 2.75) is 0 Å². The molecule has 3 aromatic carbocycles. The molecule has 0 aliphatic rings. The molecule has 0 unspecified atom stereocenters.